The van der Waals surface area contributed by atoms with Crippen LogP contribution in [-0.4, -0.2) is 103 Å². The molecule has 18 heteroatoms. The zero-order chi connectivity index (χ0) is 33.3. The summed E-state index contributed by atoms with van der Waals surface area (Å²) in [5.74, 6) is -4.36. The van der Waals surface area contributed by atoms with E-state index in [2.05, 4.69) is 0 Å². The molecule has 0 saturated carbocycles. The van der Waals surface area contributed by atoms with Gasteiger partial charge >= 0.3 is 40.3 Å². The number of aliphatic carboxylic acids is 2. The lowest BCUT2D eigenvalue weighted by Gasteiger charge is -2.27. The number of esters is 2. The molecule has 1 unspecified atom stereocenters. The first-order chi connectivity index (χ1) is 19.7. The molecule has 0 radical (unpaired) electrons. The Morgan fingerprint density at radius 3 is 2.14 bits per heavy atom. The third-order valence-electron chi connectivity index (χ3n) is 6.63. The molecule has 2 aliphatic rings. The van der Waals surface area contributed by atoms with Crippen molar-refractivity contribution in [2.45, 2.75) is 79.3 Å². The molecule has 2 bridgehead atoms. The Morgan fingerprint density at radius 2 is 1.65 bits per heavy atom. The van der Waals surface area contributed by atoms with Crippen molar-refractivity contribution in [3.63, 3.8) is 0 Å². The minimum absolute atomic E-state index is 0.0803. The van der Waals surface area contributed by atoms with Crippen molar-refractivity contribution in [3.05, 3.63) is 0 Å². The maximum absolute atomic E-state index is 12.3. The maximum Gasteiger partial charge on any atom is 0.421 e. The largest absolute Gasteiger partial charge is 0.481 e. The average molecular weight is 640 g/mol. The van der Waals surface area contributed by atoms with Gasteiger partial charge in [-0.2, -0.15) is 13.5 Å². The van der Waals surface area contributed by atoms with Crippen LogP contribution in [0, 0.1) is 16.7 Å². The van der Waals surface area contributed by atoms with E-state index in [1.165, 1.54) is 25.7 Å². The summed E-state index contributed by atoms with van der Waals surface area (Å²) in [5, 5.41) is 18.2. The SMILES string of the molecule is CC(C)C(=O)OCC(C)(CCC(=O)O)C(=O)O.CCOC(=O)C(C)(C)COS(=O)(=O)ON1C(=O)N2C[C@H]1CC[C@H]2C(N)=O. The van der Waals surface area contributed by atoms with Gasteiger partial charge in [0, 0.05) is 13.0 Å². The van der Waals surface area contributed by atoms with E-state index in [9.17, 15) is 37.2 Å². The Hall–Kier alpha value is -3.51. The van der Waals surface area contributed by atoms with Crippen LogP contribution in [0.4, 0.5) is 4.79 Å². The van der Waals surface area contributed by atoms with Crippen LogP contribution in [0.15, 0.2) is 0 Å². The number of hydrogen-bond donors (Lipinski definition) is 3. The van der Waals surface area contributed by atoms with Gasteiger partial charge in [0.2, 0.25) is 5.91 Å². The highest BCUT2D eigenvalue weighted by molar-refractivity contribution is 7.81. The van der Waals surface area contributed by atoms with Crippen molar-refractivity contribution in [2.24, 2.45) is 22.5 Å². The van der Waals surface area contributed by atoms with Gasteiger partial charge in [-0.05, 0) is 47.0 Å². The molecule has 0 aromatic carbocycles. The van der Waals surface area contributed by atoms with Crippen LogP contribution in [0.2, 0.25) is 0 Å². The number of carbonyl (C=O) groups is 6. The summed E-state index contributed by atoms with van der Waals surface area (Å²) in [7, 11) is -4.60. The second-order valence-electron chi connectivity index (χ2n) is 11.3. The summed E-state index contributed by atoms with van der Waals surface area (Å²) >= 11 is 0. The van der Waals surface area contributed by atoms with Gasteiger partial charge in [-0.25, -0.2) is 8.98 Å². The molecule has 2 aliphatic heterocycles. The molecule has 0 aliphatic carbocycles. The second kappa shape index (κ2) is 15.3. The Morgan fingerprint density at radius 1 is 1.05 bits per heavy atom. The Kier molecular flexibility index (Phi) is 13.3. The first-order valence-corrected chi connectivity index (χ1v) is 14.8. The average Bonchev–Trinajstić information content (AvgIpc) is 3.13. The van der Waals surface area contributed by atoms with Crippen LogP contribution in [0.1, 0.15) is 67.2 Å². The zero-order valence-electron chi connectivity index (χ0n) is 25.1. The highest BCUT2D eigenvalue weighted by Crippen LogP contribution is 2.31. The third kappa shape index (κ3) is 10.9. The van der Waals surface area contributed by atoms with Crippen LogP contribution in [0.25, 0.3) is 0 Å². The zero-order valence-corrected chi connectivity index (χ0v) is 25.9. The van der Waals surface area contributed by atoms with Gasteiger partial charge in [0.15, 0.2) is 0 Å². The molecule has 246 valence electrons. The van der Waals surface area contributed by atoms with Crippen LogP contribution < -0.4 is 5.73 Å². The van der Waals surface area contributed by atoms with Gasteiger partial charge in [0.1, 0.15) is 12.6 Å². The number of piperidine rings is 1. The van der Waals surface area contributed by atoms with E-state index in [-0.39, 0.29) is 38.5 Å². The summed E-state index contributed by atoms with van der Waals surface area (Å²) in [6.07, 6.45) is 0.327. The van der Waals surface area contributed by atoms with E-state index in [4.69, 9.17) is 33.9 Å². The minimum Gasteiger partial charge on any atom is -0.481 e. The highest BCUT2D eigenvalue weighted by atomic mass is 32.3. The molecule has 2 rings (SSSR count). The Bertz CT molecular complexity index is 1170. The van der Waals surface area contributed by atoms with Gasteiger partial charge in [0.25, 0.3) is 0 Å². The molecule has 0 spiro atoms. The molecule has 4 N–H and O–H groups in total. The molecule has 2 heterocycles. The molecule has 0 aromatic rings. The lowest BCUT2D eigenvalue weighted by atomic mass is 9.86. The number of ether oxygens (including phenoxy) is 2. The van der Waals surface area contributed by atoms with Crippen molar-refractivity contribution >= 4 is 46.2 Å². The molecule has 2 fully saturated rings. The summed E-state index contributed by atoms with van der Waals surface area (Å²) in [4.78, 5) is 69.3. The number of rotatable bonds is 15. The van der Waals surface area contributed by atoms with E-state index >= 15 is 0 Å². The molecular weight excluding hydrogens is 598 g/mol. The summed E-state index contributed by atoms with van der Waals surface area (Å²) in [5.41, 5.74) is 2.67. The maximum atomic E-state index is 12.3. The van der Waals surface area contributed by atoms with Crippen LogP contribution in [0.5, 0.6) is 0 Å². The van der Waals surface area contributed by atoms with Crippen molar-refractivity contribution in [1.29, 1.82) is 0 Å². The molecule has 0 aromatic heterocycles. The molecule has 3 amide bonds. The Labute approximate surface area is 249 Å². The quantitative estimate of drug-likeness (QED) is 0.208. The number of carboxylic acid groups (broad SMARTS) is 2. The fraction of sp³-hybridized carbons (Fsp3) is 0.760. The first kappa shape index (κ1) is 37.5. The number of fused-ring (bicyclic) bond motifs is 2. The second-order valence-corrected chi connectivity index (χ2v) is 12.5. The van der Waals surface area contributed by atoms with E-state index in [0.717, 1.165) is 0 Å². The van der Waals surface area contributed by atoms with Crippen molar-refractivity contribution < 1.29 is 65.3 Å². The number of primary amides is 1. The molecule has 43 heavy (non-hydrogen) atoms. The third-order valence-corrected chi connectivity index (χ3v) is 7.38. The fourth-order valence-corrected chi connectivity index (χ4v) is 4.64. The summed E-state index contributed by atoms with van der Waals surface area (Å²) in [6, 6.07) is -2.10. The molecule has 3 atom stereocenters. The van der Waals surface area contributed by atoms with Crippen molar-refractivity contribution in [1.82, 2.24) is 9.96 Å². The van der Waals surface area contributed by atoms with Gasteiger partial charge in [-0.1, -0.05) is 13.8 Å². The van der Waals surface area contributed by atoms with Crippen LogP contribution in [-0.2, 0) is 52.3 Å². The lowest BCUT2D eigenvalue weighted by Crippen LogP contribution is -2.47. The minimum atomic E-state index is -4.60. The number of hydrogen-bond acceptors (Lipinski definition) is 12. The number of nitrogens with zero attached hydrogens (tertiary/aromatic N) is 2. The monoisotopic (exact) mass is 639 g/mol. The summed E-state index contributed by atoms with van der Waals surface area (Å²) < 4.78 is 43.3. The smallest absolute Gasteiger partial charge is 0.421 e. The number of nitrogens with two attached hydrogens (primary N) is 1. The standard InChI is InChI=1S/C14H23N3O8S.C11H18O6/c1-4-23-12(19)14(2,3)8-24-26(21,22)25-17-9-5-6-10(11(15)18)16(7-9)13(17)20;1-7(2)9(14)17-6-11(3,10(15)16)5-4-8(12)13/h9-10H,4-8H2,1-3H3,(H2,15,18);7H,4-6H2,1-3H3,(H,12,13)(H,15,16)/t9-,10+;/m1./s1. The van der Waals surface area contributed by atoms with E-state index in [1.54, 1.807) is 20.8 Å². The van der Waals surface area contributed by atoms with Crippen molar-refractivity contribution in [2.75, 3.05) is 26.4 Å². The lowest BCUT2D eigenvalue weighted by molar-refractivity contribution is -0.161. The van der Waals surface area contributed by atoms with Gasteiger partial charge in [0.05, 0.1) is 36.0 Å². The summed E-state index contributed by atoms with van der Waals surface area (Å²) in [6.45, 7) is 8.63. The predicted molar refractivity (Wildman–Crippen MR) is 145 cm³/mol. The first-order valence-electron chi connectivity index (χ1n) is 13.4. The van der Waals surface area contributed by atoms with E-state index in [1.807, 2.05) is 0 Å². The predicted octanol–water partition coefficient (Wildman–Crippen LogP) is 0.664. The molecule has 17 nitrogen and oxygen atoms in total. The topological polar surface area (TPSA) is 246 Å². The number of carboxylic acids is 2. The van der Waals surface area contributed by atoms with E-state index in [0.29, 0.717) is 17.9 Å². The van der Waals surface area contributed by atoms with Gasteiger partial charge in [-0.3, -0.25) is 24.0 Å². The highest BCUT2D eigenvalue weighted by Gasteiger charge is 2.49. The fourth-order valence-electron chi connectivity index (χ4n) is 3.77. The Balaban J connectivity index is 0.000000474. The van der Waals surface area contributed by atoms with Crippen molar-refractivity contribution in [3.8, 4) is 0 Å². The number of amides is 3. The molecule has 2 saturated heterocycles. The number of urea groups is 1. The number of carbonyl (C=O) groups excluding carboxylic acids is 4. The van der Waals surface area contributed by atoms with Crippen LogP contribution in [0.3, 0.4) is 0 Å². The van der Waals surface area contributed by atoms with Gasteiger partial charge < -0.3 is 30.3 Å². The van der Waals surface area contributed by atoms with Crippen LogP contribution >= 0.6 is 0 Å². The normalized spacial score (nSPS) is 19.7. The van der Waals surface area contributed by atoms with Gasteiger partial charge in [-0.15, -0.1) is 4.28 Å². The molecular formula is C25H41N3O14S. The number of hydroxylamine groups is 2. The van der Waals surface area contributed by atoms with E-state index < -0.39 is 75.7 Å².